The number of nitrogens with zero attached hydrogens (tertiary/aromatic N) is 3. The molecule has 1 aromatic rings. The molecule has 1 spiro atoms. The molecular formula is C27H33N3O5. The van der Waals surface area contributed by atoms with Gasteiger partial charge in [-0.3, -0.25) is 14.4 Å². The summed E-state index contributed by atoms with van der Waals surface area (Å²) < 4.78 is 6.84. The number of rotatable bonds is 4. The minimum Gasteiger partial charge on any atom is -0.395 e. The van der Waals surface area contributed by atoms with E-state index in [4.69, 9.17) is 4.74 Å². The average Bonchev–Trinajstić information content (AvgIpc) is 3.12. The molecule has 0 aromatic heterocycles. The highest BCUT2D eigenvalue weighted by molar-refractivity contribution is 6.06. The number of carbonyl (C=O) groups excluding carboxylic acids is 3. The molecule has 4 heterocycles. The molecule has 1 aromatic carbocycles. The third-order valence-corrected chi connectivity index (χ3v) is 8.14. The normalized spacial score (nSPS) is 34.1. The summed E-state index contributed by atoms with van der Waals surface area (Å²) in [4.78, 5) is 46.6. The van der Waals surface area contributed by atoms with Crippen molar-refractivity contribution in [3.8, 4) is 0 Å². The van der Waals surface area contributed by atoms with E-state index in [1.165, 1.54) is 4.90 Å². The van der Waals surface area contributed by atoms with Gasteiger partial charge in [-0.05, 0) is 37.5 Å². The second-order valence-electron chi connectivity index (χ2n) is 10.1. The Morgan fingerprint density at radius 1 is 1.03 bits per heavy atom. The lowest BCUT2D eigenvalue weighted by Crippen LogP contribution is -2.56. The van der Waals surface area contributed by atoms with Crippen LogP contribution in [0, 0.1) is 25.7 Å². The van der Waals surface area contributed by atoms with E-state index in [1.54, 1.807) is 16.8 Å². The number of β-amino-alcohol motifs (C(OH)–C–C–N with tert-alkyl or cyclic N) is 1. The van der Waals surface area contributed by atoms with Crippen LogP contribution in [0.25, 0.3) is 0 Å². The predicted octanol–water partition coefficient (Wildman–Crippen LogP) is 1.59. The first-order valence-corrected chi connectivity index (χ1v) is 12.3. The van der Waals surface area contributed by atoms with Gasteiger partial charge in [-0.25, -0.2) is 0 Å². The zero-order valence-corrected chi connectivity index (χ0v) is 20.7. The first kappa shape index (κ1) is 23.8. The number of aliphatic hydroxyl groups excluding tert-OH is 1. The molecular weight excluding hydrogens is 446 g/mol. The summed E-state index contributed by atoms with van der Waals surface area (Å²) in [5.41, 5.74) is 0.478. The molecule has 3 amide bonds. The Bertz CT molecular complexity index is 1150. The van der Waals surface area contributed by atoms with Crippen molar-refractivity contribution in [2.45, 2.75) is 44.4 Å². The van der Waals surface area contributed by atoms with Crippen molar-refractivity contribution in [2.24, 2.45) is 11.8 Å². The number of carbonyl (C=O) groups is 3. The maximum atomic E-state index is 14.3. The highest BCUT2D eigenvalue weighted by Gasteiger charge is 2.75. The average molecular weight is 480 g/mol. The Hall–Kier alpha value is -2.97. The summed E-state index contributed by atoms with van der Waals surface area (Å²) in [6.45, 7) is 6.35. The molecule has 4 aliphatic heterocycles. The van der Waals surface area contributed by atoms with Gasteiger partial charge < -0.3 is 24.5 Å². The minimum atomic E-state index is -1.30. The minimum absolute atomic E-state index is 0.00293. The number of ether oxygens (including phenoxy) is 1. The predicted molar refractivity (Wildman–Crippen MR) is 131 cm³/mol. The molecule has 5 atom stereocenters. The van der Waals surface area contributed by atoms with Crippen LogP contribution in [0.1, 0.15) is 24.5 Å². The van der Waals surface area contributed by atoms with Crippen molar-refractivity contribution in [3.63, 3.8) is 0 Å². The van der Waals surface area contributed by atoms with Crippen molar-refractivity contribution >= 4 is 23.4 Å². The quantitative estimate of drug-likeness (QED) is 0.663. The van der Waals surface area contributed by atoms with Crippen molar-refractivity contribution < 1.29 is 24.2 Å². The Kier molecular flexibility index (Phi) is 5.64. The van der Waals surface area contributed by atoms with Crippen molar-refractivity contribution in [2.75, 3.05) is 38.2 Å². The molecule has 186 valence electrons. The maximum absolute atomic E-state index is 14.3. The van der Waals surface area contributed by atoms with Crippen LogP contribution in [0.2, 0.25) is 0 Å². The Labute approximate surface area is 205 Å². The molecule has 2 saturated heterocycles. The summed E-state index contributed by atoms with van der Waals surface area (Å²) in [7, 11) is 1.72. The Morgan fingerprint density at radius 2 is 1.77 bits per heavy atom. The van der Waals surface area contributed by atoms with Gasteiger partial charge >= 0.3 is 0 Å². The number of likely N-dealkylation sites (N-methyl/N-ethyl adjacent to an activating group) is 1. The van der Waals surface area contributed by atoms with Crippen molar-refractivity contribution in [3.05, 3.63) is 53.6 Å². The molecule has 5 rings (SSSR count). The number of aryl methyl sites for hydroxylation is 2. The molecule has 0 radical (unpaired) electrons. The molecule has 35 heavy (non-hydrogen) atoms. The van der Waals surface area contributed by atoms with Gasteiger partial charge in [-0.15, -0.1) is 0 Å². The SMILES string of the molecule is CC[C@@]12C=CCN(C)C(=O)[C@@H]1[C@H]1C(=O)N(CCO)C3C(=O)N(c4cc(C)ccc4C)CC=C[C@@]31O2. The maximum Gasteiger partial charge on any atom is 0.253 e. The molecule has 1 unspecified atom stereocenters. The molecule has 0 bridgehead atoms. The van der Waals surface area contributed by atoms with Crippen LogP contribution in [0.5, 0.6) is 0 Å². The summed E-state index contributed by atoms with van der Waals surface area (Å²) in [5, 5.41) is 9.82. The van der Waals surface area contributed by atoms with Crippen LogP contribution in [0.3, 0.4) is 0 Å². The van der Waals surface area contributed by atoms with E-state index in [0.717, 1.165) is 16.8 Å². The van der Waals surface area contributed by atoms with Gasteiger partial charge in [0.2, 0.25) is 11.8 Å². The number of hydrogen-bond donors (Lipinski definition) is 1. The first-order chi connectivity index (χ1) is 16.7. The van der Waals surface area contributed by atoms with Gasteiger partial charge in [0.1, 0.15) is 11.6 Å². The summed E-state index contributed by atoms with van der Waals surface area (Å²) in [6.07, 6.45) is 8.05. The van der Waals surface area contributed by atoms with E-state index >= 15 is 0 Å². The van der Waals surface area contributed by atoms with E-state index < -0.39 is 29.1 Å². The largest absolute Gasteiger partial charge is 0.395 e. The van der Waals surface area contributed by atoms with Crippen LogP contribution >= 0.6 is 0 Å². The molecule has 8 heteroatoms. The number of anilines is 1. The standard InChI is InChI=1S/C27H33N3O5/c1-5-26-10-6-12-28(4)23(32)20(26)21-24(33)30(14-15-31)22-25(34)29(13-7-11-27(21,22)35-26)19-16-17(2)8-9-18(19)3/h6-11,16,20-22,31H,5,12-15H2,1-4H3/t20-,21-,22?,26+,27-/m0/s1. The van der Waals surface area contributed by atoms with E-state index in [1.807, 2.05) is 63.3 Å². The van der Waals surface area contributed by atoms with Gasteiger partial charge in [0.05, 0.1) is 24.0 Å². The van der Waals surface area contributed by atoms with Gasteiger partial charge in [0.25, 0.3) is 5.91 Å². The summed E-state index contributed by atoms with van der Waals surface area (Å²) >= 11 is 0. The molecule has 0 saturated carbocycles. The van der Waals surface area contributed by atoms with Crippen molar-refractivity contribution in [1.29, 1.82) is 0 Å². The lowest BCUT2D eigenvalue weighted by atomic mass is 9.73. The second kappa shape index (κ2) is 8.31. The zero-order valence-electron chi connectivity index (χ0n) is 20.7. The van der Waals surface area contributed by atoms with Crippen LogP contribution in [0.4, 0.5) is 5.69 Å². The van der Waals surface area contributed by atoms with Crippen LogP contribution in [-0.4, -0.2) is 83.2 Å². The number of aliphatic hydroxyl groups is 1. The van der Waals surface area contributed by atoms with E-state index in [0.29, 0.717) is 19.5 Å². The number of fused-ring (bicyclic) bond motifs is 2. The zero-order chi connectivity index (χ0) is 25.1. The monoisotopic (exact) mass is 479 g/mol. The fourth-order valence-corrected chi connectivity index (χ4v) is 6.46. The van der Waals surface area contributed by atoms with Crippen LogP contribution in [0.15, 0.2) is 42.5 Å². The second-order valence-corrected chi connectivity index (χ2v) is 10.1. The van der Waals surface area contributed by atoms with Gasteiger partial charge in [0, 0.05) is 32.4 Å². The number of benzene rings is 1. The summed E-state index contributed by atoms with van der Waals surface area (Å²) in [5.74, 6) is -2.34. The Morgan fingerprint density at radius 3 is 2.49 bits per heavy atom. The van der Waals surface area contributed by atoms with Gasteiger partial charge in [-0.1, -0.05) is 43.4 Å². The molecule has 8 nitrogen and oxygen atoms in total. The smallest absolute Gasteiger partial charge is 0.253 e. The third kappa shape index (κ3) is 3.23. The number of likely N-dealkylation sites (tertiary alicyclic amines) is 1. The lowest BCUT2D eigenvalue weighted by molar-refractivity contribution is -0.149. The highest BCUT2D eigenvalue weighted by atomic mass is 16.5. The molecule has 0 aliphatic carbocycles. The van der Waals surface area contributed by atoms with Crippen LogP contribution < -0.4 is 4.90 Å². The summed E-state index contributed by atoms with van der Waals surface area (Å²) in [6, 6.07) is 4.97. The lowest BCUT2D eigenvalue weighted by Gasteiger charge is -2.38. The van der Waals surface area contributed by atoms with Crippen LogP contribution in [-0.2, 0) is 19.1 Å². The fraction of sp³-hybridized carbons (Fsp3) is 0.519. The number of hydrogen-bond acceptors (Lipinski definition) is 5. The van der Waals surface area contributed by atoms with Gasteiger partial charge in [0.15, 0.2) is 0 Å². The molecule has 2 fully saturated rings. The highest BCUT2D eigenvalue weighted by Crippen LogP contribution is 2.58. The van der Waals surface area contributed by atoms with Crippen molar-refractivity contribution in [1.82, 2.24) is 9.80 Å². The fourth-order valence-electron chi connectivity index (χ4n) is 6.46. The third-order valence-electron chi connectivity index (χ3n) is 8.14. The molecule has 4 aliphatic rings. The number of amides is 3. The van der Waals surface area contributed by atoms with E-state index in [-0.39, 0.29) is 30.9 Å². The first-order valence-electron chi connectivity index (χ1n) is 12.3. The van der Waals surface area contributed by atoms with E-state index in [9.17, 15) is 19.5 Å². The van der Waals surface area contributed by atoms with Gasteiger partial charge in [-0.2, -0.15) is 0 Å². The van der Waals surface area contributed by atoms with E-state index in [2.05, 4.69) is 0 Å². The topological polar surface area (TPSA) is 90.4 Å². The Balaban J connectivity index is 1.68. The molecule has 1 N–H and O–H groups in total.